The van der Waals surface area contributed by atoms with Crippen molar-refractivity contribution in [3.05, 3.63) is 64.4 Å². The maximum absolute atomic E-state index is 5.98. The SMILES string of the molecule is Cc1ccc2nc(/C=C/c3ccc(Cl)cc3)nc(N[C@H]3CCCC[C@H]3N=C(N)N)c2c1. The van der Waals surface area contributed by atoms with Gasteiger partial charge < -0.3 is 16.8 Å². The van der Waals surface area contributed by atoms with Gasteiger partial charge in [-0.3, -0.25) is 0 Å². The number of nitrogens with two attached hydrogens (primary N) is 2. The third kappa shape index (κ3) is 5.33. The van der Waals surface area contributed by atoms with E-state index < -0.39 is 0 Å². The smallest absolute Gasteiger partial charge is 0.186 e. The number of benzene rings is 2. The van der Waals surface area contributed by atoms with E-state index >= 15 is 0 Å². The predicted molar refractivity (Wildman–Crippen MR) is 130 cm³/mol. The van der Waals surface area contributed by atoms with E-state index in [1.165, 1.54) is 0 Å². The molecule has 1 heterocycles. The summed E-state index contributed by atoms with van der Waals surface area (Å²) in [5, 5.41) is 5.34. The average Bonchev–Trinajstić information content (AvgIpc) is 2.75. The molecule has 0 radical (unpaired) electrons. The van der Waals surface area contributed by atoms with Gasteiger partial charge in [0.1, 0.15) is 5.82 Å². The zero-order valence-corrected chi connectivity index (χ0v) is 18.3. The van der Waals surface area contributed by atoms with Crippen LogP contribution in [0.1, 0.15) is 42.6 Å². The van der Waals surface area contributed by atoms with Gasteiger partial charge in [-0.25, -0.2) is 15.0 Å². The predicted octanol–water partition coefficient (Wildman–Crippen LogP) is 4.76. The molecular weight excluding hydrogens is 408 g/mol. The van der Waals surface area contributed by atoms with E-state index in [1.54, 1.807) is 0 Å². The summed E-state index contributed by atoms with van der Waals surface area (Å²) < 4.78 is 0. The summed E-state index contributed by atoms with van der Waals surface area (Å²) >= 11 is 5.98. The van der Waals surface area contributed by atoms with Crippen LogP contribution in [-0.4, -0.2) is 28.0 Å². The van der Waals surface area contributed by atoms with Crippen LogP contribution in [0, 0.1) is 6.92 Å². The number of aromatic nitrogens is 2. The van der Waals surface area contributed by atoms with E-state index in [0.717, 1.165) is 53.5 Å². The van der Waals surface area contributed by atoms with Gasteiger partial charge in [-0.15, -0.1) is 0 Å². The fraction of sp³-hybridized carbons (Fsp3) is 0.292. The highest BCUT2D eigenvalue weighted by molar-refractivity contribution is 6.30. The van der Waals surface area contributed by atoms with Crippen molar-refractivity contribution in [2.45, 2.75) is 44.7 Å². The molecule has 2 atom stereocenters. The Balaban J connectivity index is 1.69. The number of hydrogen-bond donors (Lipinski definition) is 3. The van der Waals surface area contributed by atoms with Crippen molar-refractivity contribution in [1.82, 2.24) is 9.97 Å². The molecule has 0 amide bonds. The summed E-state index contributed by atoms with van der Waals surface area (Å²) in [5.74, 6) is 1.59. The number of rotatable bonds is 5. The van der Waals surface area contributed by atoms with E-state index in [9.17, 15) is 0 Å². The zero-order valence-electron chi connectivity index (χ0n) is 17.6. The zero-order chi connectivity index (χ0) is 21.8. The molecular formula is C24H27ClN6. The number of nitrogens with zero attached hydrogens (tertiary/aromatic N) is 3. The van der Waals surface area contributed by atoms with Crippen molar-refractivity contribution in [2.75, 3.05) is 5.32 Å². The maximum atomic E-state index is 5.98. The maximum Gasteiger partial charge on any atom is 0.186 e. The van der Waals surface area contributed by atoms with Gasteiger partial charge in [0.15, 0.2) is 11.8 Å². The van der Waals surface area contributed by atoms with Gasteiger partial charge in [-0.1, -0.05) is 54.3 Å². The quantitative estimate of drug-likeness (QED) is 0.397. The van der Waals surface area contributed by atoms with Crippen LogP contribution in [0.15, 0.2) is 47.5 Å². The lowest BCUT2D eigenvalue weighted by Crippen LogP contribution is -2.38. The van der Waals surface area contributed by atoms with E-state index in [-0.39, 0.29) is 18.0 Å². The lowest BCUT2D eigenvalue weighted by molar-refractivity contribution is 0.405. The monoisotopic (exact) mass is 434 g/mol. The summed E-state index contributed by atoms with van der Waals surface area (Å²) in [6.45, 7) is 2.07. The molecule has 0 aliphatic heterocycles. The van der Waals surface area contributed by atoms with Gasteiger partial charge >= 0.3 is 0 Å². The Morgan fingerprint density at radius 3 is 2.61 bits per heavy atom. The summed E-state index contributed by atoms with van der Waals surface area (Å²) in [6, 6.07) is 14.0. The number of nitrogens with one attached hydrogen (secondary N) is 1. The molecule has 160 valence electrons. The molecule has 1 aliphatic rings. The molecule has 4 rings (SSSR count). The van der Waals surface area contributed by atoms with E-state index in [2.05, 4.69) is 29.4 Å². The second-order valence-corrected chi connectivity index (χ2v) is 8.43. The average molecular weight is 435 g/mol. The summed E-state index contributed by atoms with van der Waals surface area (Å²) in [6.07, 6.45) is 8.12. The number of guanidine groups is 1. The molecule has 7 heteroatoms. The molecule has 0 saturated heterocycles. The first-order valence-electron chi connectivity index (χ1n) is 10.6. The van der Waals surface area contributed by atoms with Crippen LogP contribution in [0.25, 0.3) is 23.1 Å². The molecule has 6 nitrogen and oxygen atoms in total. The molecule has 1 fully saturated rings. The Kier molecular flexibility index (Phi) is 6.37. The Bertz CT molecular complexity index is 1120. The first-order valence-corrected chi connectivity index (χ1v) is 10.9. The van der Waals surface area contributed by atoms with E-state index in [4.69, 9.17) is 33.0 Å². The van der Waals surface area contributed by atoms with Crippen molar-refractivity contribution in [2.24, 2.45) is 16.5 Å². The summed E-state index contributed by atoms with van der Waals surface area (Å²) in [7, 11) is 0. The Labute approximate surface area is 187 Å². The Morgan fingerprint density at radius 2 is 1.84 bits per heavy atom. The molecule has 31 heavy (non-hydrogen) atoms. The number of hydrogen-bond acceptors (Lipinski definition) is 4. The highest BCUT2D eigenvalue weighted by Gasteiger charge is 2.26. The second-order valence-electron chi connectivity index (χ2n) is 7.99. The minimum Gasteiger partial charge on any atom is -0.370 e. The van der Waals surface area contributed by atoms with Gasteiger partial charge in [0.05, 0.1) is 17.6 Å². The van der Waals surface area contributed by atoms with Crippen molar-refractivity contribution in [3.63, 3.8) is 0 Å². The third-order valence-corrected chi connectivity index (χ3v) is 5.78. The highest BCUT2D eigenvalue weighted by Crippen LogP contribution is 2.28. The third-order valence-electron chi connectivity index (χ3n) is 5.53. The molecule has 5 N–H and O–H groups in total. The Morgan fingerprint density at radius 1 is 1.06 bits per heavy atom. The molecule has 0 unspecified atom stereocenters. The van der Waals surface area contributed by atoms with Crippen LogP contribution in [0.5, 0.6) is 0 Å². The first kappa shape index (κ1) is 21.1. The van der Waals surface area contributed by atoms with Crippen LogP contribution in [0.2, 0.25) is 5.02 Å². The molecule has 2 aromatic carbocycles. The molecule has 1 aliphatic carbocycles. The molecule has 1 aromatic heterocycles. The van der Waals surface area contributed by atoms with Gasteiger partial charge in [0, 0.05) is 10.4 Å². The molecule has 0 spiro atoms. The lowest BCUT2D eigenvalue weighted by Gasteiger charge is -2.30. The number of fused-ring (bicyclic) bond motifs is 1. The first-order chi connectivity index (χ1) is 15.0. The van der Waals surface area contributed by atoms with Gasteiger partial charge in [-0.2, -0.15) is 0 Å². The fourth-order valence-corrected chi connectivity index (χ4v) is 4.12. The van der Waals surface area contributed by atoms with Crippen molar-refractivity contribution in [1.29, 1.82) is 0 Å². The van der Waals surface area contributed by atoms with E-state index in [1.807, 2.05) is 42.5 Å². The minimum absolute atomic E-state index is 0.0432. The minimum atomic E-state index is 0.0432. The van der Waals surface area contributed by atoms with Gasteiger partial charge in [0.25, 0.3) is 0 Å². The lowest BCUT2D eigenvalue weighted by atomic mass is 9.90. The number of anilines is 1. The van der Waals surface area contributed by atoms with Crippen LogP contribution < -0.4 is 16.8 Å². The largest absolute Gasteiger partial charge is 0.370 e. The number of aryl methyl sites for hydroxylation is 1. The number of halogens is 1. The normalized spacial score (nSPS) is 18.9. The van der Waals surface area contributed by atoms with Crippen molar-refractivity contribution in [3.8, 4) is 0 Å². The molecule has 0 bridgehead atoms. The van der Waals surface area contributed by atoms with Crippen molar-refractivity contribution >= 4 is 46.4 Å². The second kappa shape index (κ2) is 9.35. The van der Waals surface area contributed by atoms with Crippen LogP contribution in [-0.2, 0) is 0 Å². The van der Waals surface area contributed by atoms with Crippen LogP contribution in [0.4, 0.5) is 5.82 Å². The van der Waals surface area contributed by atoms with Gasteiger partial charge in [-0.05, 0) is 55.7 Å². The van der Waals surface area contributed by atoms with Crippen LogP contribution >= 0.6 is 11.6 Å². The van der Waals surface area contributed by atoms with Crippen molar-refractivity contribution < 1.29 is 0 Å². The van der Waals surface area contributed by atoms with Crippen LogP contribution in [0.3, 0.4) is 0 Å². The standard InChI is InChI=1S/C24H27ClN6/c1-15-6-12-19-18(14-15)23(29-20-4-2-3-5-21(20)30-24(26)27)31-22(28-19)13-9-16-7-10-17(25)11-8-16/h6-14,20-21H,2-5H2,1H3,(H4,26,27,30)(H,28,29,31)/b13-9+/t20-,21+/m0/s1. The fourth-order valence-electron chi connectivity index (χ4n) is 3.99. The summed E-state index contributed by atoms with van der Waals surface area (Å²) in [4.78, 5) is 14.0. The number of aliphatic imine (C=N–C) groups is 1. The van der Waals surface area contributed by atoms with Gasteiger partial charge in [0.2, 0.25) is 0 Å². The topological polar surface area (TPSA) is 102 Å². The van der Waals surface area contributed by atoms with E-state index in [0.29, 0.717) is 10.8 Å². The summed E-state index contributed by atoms with van der Waals surface area (Å²) in [5.41, 5.74) is 14.4. The Hall–Kier alpha value is -3.12. The molecule has 1 saturated carbocycles. The molecule has 3 aromatic rings. The highest BCUT2D eigenvalue weighted by atomic mass is 35.5.